The Hall–Kier alpha value is -3.74. The van der Waals surface area contributed by atoms with Gasteiger partial charge in [0.2, 0.25) is 5.95 Å². The normalized spacial score (nSPS) is 18.2. The number of nitrogens with one attached hydrogen (secondary N) is 2. The molecule has 1 amide bonds. The maximum Gasteiger partial charge on any atom is 0.270 e. The van der Waals surface area contributed by atoms with Crippen LogP contribution in [0.4, 0.5) is 11.8 Å². The number of para-hydroxylation sites is 2. The first-order valence-electron chi connectivity index (χ1n) is 11.4. The molecule has 7 nitrogen and oxygen atoms in total. The Morgan fingerprint density at radius 3 is 2.30 bits per heavy atom. The van der Waals surface area contributed by atoms with Gasteiger partial charge in [-0.05, 0) is 49.9 Å². The van der Waals surface area contributed by atoms with Crippen LogP contribution >= 0.6 is 0 Å². The van der Waals surface area contributed by atoms with Gasteiger partial charge in [-0.2, -0.15) is 4.98 Å². The van der Waals surface area contributed by atoms with Crippen LogP contribution in [0.1, 0.15) is 36.2 Å². The van der Waals surface area contributed by atoms with Crippen molar-refractivity contribution in [3.63, 3.8) is 0 Å². The molecule has 1 saturated carbocycles. The van der Waals surface area contributed by atoms with Crippen molar-refractivity contribution in [1.29, 1.82) is 0 Å². The first kappa shape index (κ1) is 21.1. The predicted molar refractivity (Wildman–Crippen MR) is 133 cm³/mol. The highest BCUT2D eigenvalue weighted by molar-refractivity contribution is 5.95. The minimum atomic E-state index is -0.106. The van der Waals surface area contributed by atoms with Crippen molar-refractivity contribution >= 4 is 39.5 Å². The lowest BCUT2D eigenvalue weighted by molar-refractivity contribution is 0.0922. The Morgan fingerprint density at radius 1 is 0.818 bits per heavy atom. The number of pyridine rings is 1. The SMILES string of the molecule is CN(C)c1nc(NC2CCC(NC(=O)c3ccc4ccccc4n3)CC2)nc2ccccc12. The number of aromatic nitrogens is 3. The summed E-state index contributed by atoms with van der Waals surface area (Å²) in [7, 11) is 3.99. The Bertz CT molecular complexity index is 1300. The van der Waals surface area contributed by atoms with Gasteiger partial charge in [0.1, 0.15) is 11.5 Å². The average Bonchev–Trinajstić information content (AvgIpc) is 2.84. The number of carbonyl (C=O) groups is 1. The molecule has 0 radical (unpaired) electrons. The third kappa shape index (κ3) is 4.58. The van der Waals surface area contributed by atoms with Crippen molar-refractivity contribution in [3.05, 3.63) is 66.4 Å². The molecule has 2 aromatic heterocycles. The third-order valence-electron chi connectivity index (χ3n) is 6.23. The molecule has 0 bridgehead atoms. The second kappa shape index (κ2) is 9.02. The molecule has 1 aliphatic rings. The van der Waals surface area contributed by atoms with Crippen molar-refractivity contribution in [2.75, 3.05) is 24.3 Å². The molecule has 0 saturated heterocycles. The monoisotopic (exact) mass is 440 g/mol. The predicted octanol–water partition coefficient (Wildman–Crippen LogP) is 4.40. The highest BCUT2D eigenvalue weighted by Crippen LogP contribution is 2.26. The fraction of sp³-hybridized carbons (Fsp3) is 0.308. The molecule has 2 N–H and O–H groups in total. The Morgan fingerprint density at radius 2 is 1.52 bits per heavy atom. The topological polar surface area (TPSA) is 83.0 Å². The van der Waals surface area contributed by atoms with Gasteiger partial charge in [0.15, 0.2) is 0 Å². The van der Waals surface area contributed by atoms with E-state index < -0.39 is 0 Å². The third-order valence-corrected chi connectivity index (χ3v) is 6.23. The number of nitrogens with zero attached hydrogens (tertiary/aromatic N) is 4. The zero-order valence-electron chi connectivity index (χ0n) is 19.0. The van der Waals surface area contributed by atoms with E-state index in [1.807, 2.05) is 73.6 Å². The molecular formula is C26H28N6O. The van der Waals surface area contributed by atoms with Crippen molar-refractivity contribution < 1.29 is 4.79 Å². The van der Waals surface area contributed by atoms with Gasteiger partial charge in [-0.15, -0.1) is 0 Å². The summed E-state index contributed by atoms with van der Waals surface area (Å²) in [6.45, 7) is 0. The average molecular weight is 441 g/mol. The van der Waals surface area contributed by atoms with E-state index >= 15 is 0 Å². The van der Waals surface area contributed by atoms with Gasteiger partial charge in [-0.3, -0.25) is 4.79 Å². The summed E-state index contributed by atoms with van der Waals surface area (Å²) < 4.78 is 0. The second-order valence-electron chi connectivity index (χ2n) is 8.84. The number of amides is 1. The van der Waals surface area contributed by atoms with Crippen LogP contribution < -0.4 is 15.5 Å². The molecule has 0 aliphatic heterocycles. The van der Waals surface area contributed by atoms with Crippen molar-refractivity contribution in [1.82, 2.24) is 20.3 Å². The minimum Gasteiger partial charge on any atom is -0.362 e. The van der Waals surface area contributed by atoms with Gasteiger partial charge in [0, 0.05) is 37.0 Å². The molecule has 2 heterocycles. The van der Waals surface area contributed by atoms with E-state index in [0.717, 1.165) is 53.3 Å². The van der Waals surface area contributed by atoms with Gasteiger partial charge in [0.05, 0.1) is 11.0 Å². The lowest BCUT2D eigenvalue weighted by Crippen LogP contribution is -2.40. The minimum absolute atomic E-state index is 0.106. The summed E-state index contributed by atoms with van der Waals surface area (Å²) in [5.74, 6) is 1.46. The van der Waals surface area contributed by atoms with E-state index in [-0.39, 0.29) is 18.0 Å². The van der Waals surface area contributed by atoms with E-state index in [1.165, 1.54) is 0 Å². The molecule has 0 atom stereocenters. The highest BCUT2D eigenvalue weighted by atomic mass is 16.1. The molecule has 33 heavy (non-hydrogen) atoms. The zero-order chi connectivity index (χ0) is 22.8. The van der Waals surface area contributed by atoms with Crippen molar-refractivity contribution in [2.45, 2.75) is 37.8 Å². The molecule has 5 rings (SSSR count). The first-order chi connectivity index (χ1) is 16.1. The Labute approximate surface area is 193 Å². The van der Waals surface area contributed by atoms with Crippen LogP contribution in [0.5, 0.6) is 0 Å². The number of rotatable bonds is 5. The fourth-order valence-electron chi connectivity index (χ4n) is 4.48. The van der Waals surface area contributed by atoms with Gasteiger partial charge in [-0.1, -0.05) is 36.4 Å². The van der Waals surface area contributed by atoms with Crippen molar-refractivity contribution in [2.24, 2.45) is 0 Å². The van der Waals surface area contributed by atoms with Crippen LogP contribution in [-0.4, -0.2) is 47.0 Å². The van der Waals surface area contributed by atoms with Crippen LogP contribution in [0, 0.1) is 0 Å². The molecule has 0 spiro atoms. The van der Waals surface area contributed by atoms with Crippen LogP contribution in [0.3, 0.4) is 0 Å². The largest absolute Gasteiger partial charge is 0.362 e. The molecule has 0 unspecified atom stereocenters. The van der Waals surface area contributed by atoms with Crippen LogP contribution in [0.15, 0.2) is 60.7 Å². The van der Waals surface area contributed by atoms with E-state index in [9.17, 15) is 4.79 Å². The molecular weight excluding hydrogens is 412 g/mol. The van der Waals surface area contributed by atoms with Gasteiger partial charge < -0.3 is 15.5 Å². The molecule has 1 aliphatic carbocycles. The van der Waals surface area contributed by atoms with Gasteiger partial charge in [0.25, 0.3) is 5.91 Å². The summed E-state index contributed by atoms with van der Waals surface area (Å²) in [5, 5.41) is 8.76. The number of hydrogen-bond acceptors (Lipinski definition) is 6. The van der Waals surface area contributed by atoms with Crippen LogP contribution in [0.25, 0.3) is 21.8 Å². The summed E-state index contributed by atoms with van der Waals surface area (Å²) >= 11 is 0. The number of hydrogen-bond donors (Lipinski definition) is 2. The van der Waals surface area contributed by atoms with Crippen molar-refractivity contribution in [3.8, 4) is 0 Å². The smallest absolute Gasteiger partial charge is 0.270 e. The Kier molecular flexibility index (Phi) is 5.77. The first-order valence-corrected chi connectivity index (χ1v) is 11.4. The lowest BCUT2D eigenvalue weighted by atomic mass is 9.91. The molecule has 1 fully saturated rings. The maximum absolute atomic E-state index is 12.7. The van der Waals surface area contributed by atoms with Gasteiger partial charge in [-0.25, -0.2) is 9.97 Å². The molecule has 2 aromatic carbocycles. The lowest BCUT2D eigenvalue weighted by Gasteiger charge is -2.30. The summed E-state index contributed by atoms with van der Waals surface area (Å²) in [5.41, 5.74) is 2.24. The number of anilines is 2. The summed E-state index contributed by atoms with van der Waals surface area (Å²) in [4.78, 5) is 28.7. The quantitative estimate of drug-likeness (QED) is 0.479. The molecule has 168 valence electrons. The Balaban J connectivity index is 1.21. The molecule has 4 aromatic rings. The zero-order valence-corrected chi connectivity index (χ0v) is 19.0. The van der Waals surface area contributed by atoms with E-state index in [0.29, 0.717) is 11.6 Å². The number of fused-ring (bicyclic) bond motifs is 2. The van der Waals surface area contributed by atoms with Crippen LogP contribution in [0.2, 0.25) is 0 Å². The van der Waals surface area contributed by atoms with E-state index in [2.05, 4.69) is 15.6 Å². The van der Waals surface area contributed by atoms with E-state index in [4.69, 9.17) is 9.97 Å². The summed E-state index contributed by atoms with van der Waals surface area (Å²) in [6, 6.07) is 20.1. The number of benzene rings is 2. The maximum atomic E-state index is 12.7. The molecule has 7 heteroatoms. The highest BCUT2D eigenvalue weighted by Gasteiger charge is 2.24. The van der Waals surface area contributed by atoms with Gasteiger partial charge >= 0.3 is 0 Å². The van der Waals surface area contributed by atoms with E-state index in [1.54, 1.807) is 6.07 Å². The standard InChI is InChI=1S/C26H28N6O/c1-32(2)24-20-8-4-6-10-22(20)30-26(31-24)28-19-14-12-18(13-15-19)27-25(33)23-16-11-17-7-3-5-9-21(17)29-23/h3-11,16,18-19H,12-15H2,1-2H3,(H,27,33)(H,28,30,31). The summed E-state index contributed by atoms with van der Waals surface area (Å²) in [6.07, 6.45) is 3.71. The fourth-order valence-corrected chi connectivity index (χ4v) is 4.48. The number of carbonyl (C=O) groups excluding carboxylic acids is 1. The van der Waals surface area contributed by atoms with Crippen LogP contribution in [-0.2, 0) is 0 Å². The second-order valence-corrected chi connectivity index (χ2v) is 8.84.